The highest BCUT2D eigenvalue weighted by Crippen LogP contribution is 2.24. The van der Waals surface area contributed by atoms with E-state index in [0.29, 0.717) is 25.5 Å². The molecule has 1 atom stereocenters. The van der Waals surface area contributed by atoms with Crippen LogP contribution in [0, 0.1) is 0 Å². The molecule has 9 heteroatoms. The molecular weight excluding hydrogens is 282 g/mol. The van der Waals surface area contributed by atoms with Crippen molar-refractivity contribution in [2.24, 2.45) is 0 Å². The van der Waals surface area contributed by atoms with Crippen LogP contribution in [0.5, 0.6) is 0 Å². The predicted molar refractivity (Wildman–Crippen MR) is 70.8 cm³/mol. The number of hydrogen-bond acceptors (Lipinski definition) is 5. The van der Waals surface area contributed by atoms with Gasteiger partial charge in [-0.1, -0.05) is 6.42 Å². The Labute approximate surface area is 118 Å². The molecule has 1 fully saturated rings. The molecule has 1 aromatic rings. The highest BCUT2D eigenvalue weighted by atomic mass is 32.2. The van der Waals surface area contributed by atoms with E-state index in [1.54, 1.807) is 6.33 Å². The van der Waals surface area contributed by atoms with Gasteiger partial charge >= 0.3 is 0 Å². The maximum Gasteiger partial charge on any atom is 0.282 e. The van der Waals surface area contributed by atoms with Gasteiger partial charge in [0.25, 0.3) is 10.2 Å². The molecule has 20 heavy (non-hydrogen) atoms. The van der Waals surface area contributed by atoms with E-state index in [4.69, 9.17) is 0 Å². The molecule has 3 heterocycles. The van der Waals surface area contributed by atoms with Gasteiger partial charge in [-0.2, -0.15) is 17.0 Å². The van der Waals surface area contributed by atoms with Gasteiger partial charge in [0, 0.05) is 25.7 Å². The monoisotopic (exact) mass is 301 g/mol. The van der Waals surface area contributed by atoms with Crippen LogP contribution in [0.2, 0.25) is 0 Å². The maximum atomic E-state index is 12.7. The molecule has 0 spiro atoms. The van der Waals surface area contributed by atoms with Crippen LogP contribution >= 0.6 is 0 Å². The Morgan fingerprint density at radius 2 is 2.15 bits per heavy atom. The van der Waals surface area contributed by atoms with Crippen molar-refractivity contribution in [1.82, 2.24) is 23.4 Å². The Bertz CT molecular complexity index is 572. The first-order valence-electron chi connectivity index (χ1n) is 6.87. The number of fused-ring (bicyclic) bond motifs is 1. The minimum absolute atomic E-state index is 0.122. The lowest BCUT2D eigenvalue weighted by atomic mass is 10.1. The van der Waals surface area contributed by atoms with Gasteiger partial charge in [0.2, 0.25) is 0 Å². The number of aromatic nitrogens is 3. The van der Waals surface area contributed by atoms with Crippen molar-refractivity contribution in [2.45, 2.75) is 38.4 Å². The van der Waals surface area contributed by atoms with Crippen LogP contribution in [0.1, 0.15) is 25.1 Å². The van der Waals surface area contributed by atoms with E-state index in [-0.39, 0.29) is 19.2 Å². The lowest BCUT2D eigenvalue weighted by Gasteiger charge is -2.38. The van der Waals surface area contributed by atoms with E-state index < -0.39 is 10.2 Å². The van der Waals surface area contributed by atoms with Gasteiger partial charge < -0.3 is 9.67 Å². The lowest BCUT2D eigenvalue weighted by molar-refractivity contribution is 0.145. The average molecular weight is 301 g/mol. The second kappa shape index (κ2) is 5.40. The molecule has 1 saturated heterocycles. The fourth-order valence-electron chi connectivity index (χ4n) is 2.85. The minimum atomic E-state index is -3.54. The average Bonchev–Trinajstić information content (AvgIpc) is 2.94. The van der Waals surface area contributed by atoms with E-state index in [9.17, 15) is 13.5 Å². The molecule has 2 aliphatic rings. The van der Waals surface area contributed by atoms with Crippen molar-refractivity contribution in [1.29, 1.82) is 0 Å². The van der Waals surface area contributed by atoms with Crippen molar-refractivity contribution < 1.29 is 13.5 Å². The van der Waals surface area contributed by atoms with Crippen LogP contribution < -0.4 is 0 Å². The van der Waals surface area contributed by atoms with Crippen LogP contribution in [0.25, 0.3) is 0 Å². The zero-order chi connectivity index (χ0) is 14.2. The molecule has 1 N–H and O–H groups in total. The molecular formula is C11H19N5O3S. The summed E-state index contributed by atoms with van der Waals surface area (Å²) in [6.07, 6.45) is 4.15. The summed E-state index contributed by atoms with van der Waals surface area (Å²) < 4.78 is 30.2. The zero-order valence-corrected chi connectivity index (χ0v) is 12.0. The molecule has 8 nitrogen and oxygen atoms in total. The Morgan fingerprint density at radius 3 is 2.95 bits per heavy atom. The molecule has 2 aliphatic heterocycles. The van der Waals surface area contributed by atoms with Crippen LogP contribution in [-0.4, -0.2) is 62.6 Å². The molecule has 0 aromatic carbocycles. The number of rotatable bonds is 3. The molecule has 112 valence electrons. The molecule has 0 aliphatic carbocycles. The second-order valence-electron chi connectivity index (χ2n) is 5.22. The molecule has 0 radical (unpaired) electrons. The third-order valence-corrected chi connectivity index (χ3v) is 6.05. The summed E-state index contributed by atoms with van der Waals surface area (Å²) >= 11 is 0. The fourth-order valence-corrected chi connectivity index (χ4v) is 4.65. The third-order valence-electron chi connectivity index (χ3n) is 4.01. The molecule has 0 bridgehead atoms. The quantitative estimate of drug-likeness (QED) is 0.788. The lowest BCUT2D eigenvalue weighted by Crippen LogP contribution is -2.53. The van der Waals surface area contributed by atoms with Crippen LogP contribution in [0.4, 0.5) is 0 Å². The second-order valence-corrected chi connectivity index (χ2v) is 7.11. The predicted octanol–water partition coefficient (Wildman–Crippen LogP) is -0.815. The van der Waals surface area contributed by atoms with Crippen molar-refractivity contribution >= 4 is 10.2 Å². The number of piperidine rings is 1. The Morgan fingerprint density at radius 1 is 1.30 bits per heavy atom. The van der Waals surface area contributed by atoms with E-state index in [1.807, 2.05) is 4.57 Å². The van der Waals surface area contributed by atoms with Gasteiger partial charge in [-0.25, -0.2) is 0 Å². The summed E-state index contributed by atoms with van der Waals surface area (Å²) in [6, 6.07) is -0.298. The third kappa shape index (κ3) is 2.34. The molecule has 1 unspecified atom stereocenters. The van der Waals surface area contributed by atoms with E-state index >= 15 is 0 Å². The van der Waals surface area contributed by atoms with Gasteiger partial charge in [-0.3, -0.25) is 0 Å². The largest absolute Gasteiger partial charge is 0.395 e. The van der Waals surface area contributed by atoms with Crippen LogP contribution in [0.15, 0.2) is 6.33 Å². The van der Waals surface area contributed by atoms with E-state index in [1.165, 1.54) is 8.61 Å². The van der Waals surface area contributed by atoms with Crippen LogP contribution in [-0.2, 0) is 23.3 Å². The van der Waals surface area contributed by atoms with Gasteiger partial charge in [-0.05, 0) is 12.8 Å². The van der Waals surface area contributed by atoms with E-state index in [2.05, 4.69) is 10.2 Å². The molecule has 0 amide bonds. The highest BCUT2D eigenvalue weighted by molar-refractivity contribution is 7.86. The first-order chi connectivity index (χ1) is 9.63. The van der Waals surface area contributed by atoms with Crippen LogP contribution in [0.3, 0.4) is 0 Å². The zero-order valence-electron chi connectivity index (χ0n) is 11.2. The molecule has 1 aromatic heterocycles. The smallest absolute Gasteiger partial charge is 0.282 e. The van der Waals surface area contributed by atoms with Gasteiger partial charge in [0.05, 0.1) is 13.2 Å². The first kappa shape index (κ1) is 13.9. The fraction of sp³-hybridized carbons (Fsp3) is 0.818. The standard InChI is InChI=1S/C11H19N5O3S/c17-8-10-3-1-2-4-16(10)20(18,19)15-6-5-14-9-12-13-11(14)7-15/h9-10,17H,1-8H2. The van der Waals surface area contributed by atoms with Crippen molar-refractivity contribution in [3.63, 3.8) is 0 Å². The normalized spacial score (nSPS) is 25.6. The summed E-state index contributed by atoms with van der Waals surface area (Å²) in [5, 5.41) is 17.1. The summed E-state index contributed by atoms with van der Waals surface area (Å²) in [5.41, 5.74) is 0. The number of nitrogens with zero attached hydrogens (tertiary/aromatic N) is 5. The topological polar surface area (TPSA) is 91.6 Å². The summed E-state index contributed by atoms with van der Waals surface area (Å²) in [4.78, 5) is 0. The van der Waals surface area contributed by atoms with Crippen molar-refractivity contribution in [2.75, 3.05) is 19.7 Å². The molecule has 3 rings (SSSR count). The van der Waals surface area contributed by atoms with E-state index in [0.717, 1.165) is 19.3 Å². The SMILES string of the molecule is O=S(=O)(N1CCn2cnnc2C1)N1CCCCC1CO. The van der Waals surface area contributed by atoms with Gasteiger partial charge in [0.15, 0.2) is 0 Å². The Balaban J connectivity index is 1.81. The summed E-state index contributed by atoms with van der Waals surface area (Å²) in [7, 11) is -3.54. The number of aliphatic hydroxyl groups excluding tert-OH is 1. The highest BCUT2D eigenvalue weighted by Gasteiger charge is 2.37. The van der Waals surface area contributed by atoms with Gasteiger partial charge in [-0.15, -0.1) is 10.2 Å². The Kier molecular flexibility index (Phi) is 3.76. The minimum Gasteiger partial charge on any atom is -0.395 e. The summed E-state index contributed by atoms with van der Waals surface area (Å²) in [5.74, 6) is 0.664. The van der Waals surface area contributed by atoms with Crippen molar-refractivity contribution in [3.05, 3.63) is 12.2 Å². The molecule has 0 saturated carbocycles. The maximum absolute atomic E-state index is 12.7. The Hall–Kier alpha value is -1.03. The number of hydrogen-bond donors (Lipinski definition) is 1. The first-order valence-corrected chi connectivity index (χ1v) is 8.27. The summed E-state index contributed by atoms with van der Waals surface area (Å²) in [6.45, 7) is 1.60. The van der Waals surface area contributed by atoms with Gasteiger partial charge in [0.1, 0.15) is 12.2 Å². The number of aliphatic hydroxyl groups is 1. The van der Waals surface area contributed by atoms with Crippen molar-refractivity contribution in [3.8, 4) is 0 Å².